The van der Waals surface area contributed by atoms with E-state index in [1.165, 1.54) is 0 Å². The Morgan fingerprint density at radius 2 is 1.63 bits per heavy atom. The van der Waals surface area contributed by atoms with Crippen LogP contribution >= 0.6 is 0 Å². The van der Waals surface area contributed by atoms with Crippen molar-refractivity contribution in [2.75, 3.05) is 6.54 Å². The zero-order chi connectivity index (χ0) is 21.1. The molecule has 0 rings (SSSR count). The van der Waals surface area contributed by atoms with E-state index in [1.807, 2.05) is 13.8 Å². The van der Waals surface area contributed by atoms with Crippen molar-refractivity contribution in [1.29, 1.82) is 0 Å². The summed E-state index contributed by atoms with van der Waals surface area (Å²) in [6.45, 7) is 7.53. The average molecular weight is 386 g/mol. The molecular formula is C17H34N6O4. The lowest BCUT2D eigenvalue weighted by molar-refractivity contribution is -0.143. The van der Waals surface area contributed by atoms with Gasteiger partial charge in [0.15, 0.2) is 5.96 Å². The van der Waals surface area contributed by atoms with Gasteiger partial charge in [-0.3, -0.25) is 14.6 Å². The molecule has 0 saturated heterocycles. The number of nitrogens with one attached hydrogen (secondary N) is 2. The molecule has 0 aromatic carbocycles. The SMILES string of the molecule is CC(C)CC(N)C(=O)NC(CCCN=C(N)N)C(=O)NC(C(=O)O)C(C)C. The smallest absolute Gasteiger partial charge is 0.326 e. The van der Waals surface area contributed by atoms with Gasteiger partial charge in [0.05, 0.1) is 6.04 Å². The van der Waals surface area contributed by atoms with Crippen molar-refractivity contribution < 1.29 is 19.5 Å². The number of amides is 2. The molecule has 3 atom stereocenters. The summed E-state index contributed by atoms with van der Waals surface area (Å²) >= 11 is 0. The molecule has 0 radical (unpaired) electrons. The summed E-state index contributed by atoms with van der Waals surface area (Å²) in [5.41, 5.74) is 16.4. The highest BCUT2D eigenvalue weighted by Crippen LogP contribution is 2.07. The van der Waals surface area contributed by atoms with E-state index in [0.29, 0.717) is 12.8 Å². The van der Waals surface area contributed by atoms with Crippen LogP contribution in [0.3, 0.4) is 0 Å². The Bertz CT molecular complexity index is 532. The van der Waals surface area contributed by atoms with Crippen molar-refractivity contribution in [3.63, 3.8) is 0 Å². The normalized spacial score (nSPS) is 14.3. The number of hydrogen-bond donors (Lipinski definition) is 6. The second-order valence-corrected chi connectivity index (χ2v) is 7.31. The molecule has 0 bridgehead atoms. The Hall–Kier alpha value is -2.36. The van der Waals surface area contributed by atoms with Gasteiger partial charge in [-0.2, -0.15) is 0 Å². The average Bonchev–Trinajstić information content (AvgIpc) is 2.53. The Morgan fingerprint density at radius 1 is 1.04 bits per heavy atom. The fourth-order valence-electron chi connectivity index (χ4n) is 2.43. The van der Waals surface area contributed by atoms with Crippen molar-refractivity contribution in [2.24, 2.45) is 34.0 Å². The Morgan fingerprint density at radius 3 is 2.07 bits per heavy atom. The molecule has 10 heteroatoms. The maximum Gasteiger partial charge on any atom is 0.326 e. The van der Waals surface area contributed by atoms with Crippen LogP contribution < -0.4 is 27.8 Å². The number of aliphatic carboxylic acids is 1. The molecule has 0 aromatic rings. The topological polar surface area (TPSA) is 186 Å². The maximum atomic E-state index is 12.6. The van der Waals surface area contributed by atoms with E-state index in [0.717, 1.165) is 0 Å². The van der Waals surface area contributed by atoms with Crippen LogP contribution in [0.4, 0.5) is 0 Å². The van der Waals surface area contributed by atoms with E-state index in [-0.39, 0.29) is 30.8 Å². The van der Waals surface area contributed by atoms with Gasteiger partial charge in [0.2, 0.25) is 11.8 Å². The number of nitrogens with zero attached hydrogens (tertiary/aromatic N) is 1. The van der Waals surface area contributed by atoms with Crippen LogP contribution in [0.25, 0.3) is 0 Å². The Kier molecular flexibility index (Phi) is 11.0. The molecule has 0 heterocycles. The van der Waals surface area contributed by atoms with Crippen molar-refractivity contribution in [1.82, 2.24) is 10.6 Å². The van der Waals surface area contributed by atoms with Crippen molar-refractivity contribution in [3.05, 3.63) is 0 Å². The summed E-state index contributed by atoms with van der Waals surface area (Å²) in [4.78, 5) is 40.0. The minimum absolute atomic E-state index is 0.0651. The quantitative estimate of drug-likeness (QED) is 0.143. The number of rotatable bonds is 12. The van der Waals surface area contributed by atoms with Gasteiger partial charge < -0.3 is 32.9 Å². The summed E-state index contributed by atoms with van der Waals surface area (Å²) in [6, 6.07) is -2.73. The van der Waals surface area contributed by atoms with Gasteiger partial charge in [-0.25, -0.2) is 4.79 Å². The van der Waals surface area contributed by atoms with Crippen LogP contribution in [0.5, 0.6) is 0 Å². The molecular weight excluding hydrogens is 352 g/mol. The predicted molar refractivity (Wildman–Crippen MR) is 104 cm³/mol. The third-order valence-corrected chi connectivity index (χ3v) is 3.87. The van der Waals surface area contributed by atoms with Crippen LogP contribution in [-0.4, -0.2) is 53.5 Å². The standard InChI is InChI=1S/C17H34N6O4/c1-9(2)8-11(18)14(24)22-12(6-5-7-21-17(19)20)15(25)23-13(10(3)4)16(26)27/h9-13H,5-8,18H2,1-4H3,(H,22,24)(H,23,25)(H,26,27)(H4,19,20,21). The van der Waals surface area contributed by atoms with Crippen molar-refractivity contribution >= 4 is 23.7 Å². The van der Waals surface area contributed by atoms with Crippen LogP contribution in [0.2, 0.25) is 0 Å². The number of hydrogen-bond acceptors (Lipinski definition) is 5. The highest BCUT2D eigenvalue weighted by atomic mass is 16.4. The van der Waals surface area contributed by atoms with Gasteiger partial charge in [-0.15, -0.1) is 0 Å². The number of carbonyl (C=O) groups excluding carboxylic acids is 2. The lowest BCUT2D eigenvalue weighted by Crippen LogP contribution is -2.55. The number of carboxylic acid groups (broad SMARTS) is 1. The lowest BCUT2D eigenvalue weighted by atomic mass is 10.0. The first-order valence-corrected chi connectivity index (χ1v) is 9.10. The van der Waals surface area contributed by atoms with Gasteiger partial charge >= 0.3 is 5.97 Å². The molecule has 0 aliphatic rings. The van der Waals surface area contributed by atoms with Crippen LogP contribution in [-0.2, 0) is 14.4 Å². The molecule has 0 spiro atoms. The van der Waals surface area contributed by atoms with E-state index in [4.69, 9.17) is 17.2 Å². The van der Waals surface area contributed by atoms with E-state index in [1.54, 1.807) is 13.8 Å². The number of nitrogens with two attached hydrogens (primary N) is 3. The summed E-state index contributed by atoms with van der Waals surface area (Å²) in [6.07, 6.45) is 1.14. The molecule has 0 aliphatic heterocycles. The molecule has 2 amide bonds. The minimum atomic E-state index is -1.14. The largest absolute Gasteiger partial charge is 0.480 e. The first-order valence-electron chi connectivity index (χ1n) is 9.10. The molecule has 27 heavy (non-hydrogen) atoms. The first-order chi connectivity index (χ1) is 12.5. The first kappa shape index (κ1) is 24.6. The third-order valence-electron chi connectivity index (χ3n) is 3.87. The monoisotopic (exact) mass is 386 g/mol. The Labute approximate surface area is 160 Å². The molecule has 9 N–H and O–H groups in total. The number of guanidine groups is 1. The molecule has 0 aromatic heterocycles. The predicted octanol–water partition coefficient (Wildman–Crippen LogP) is -0.876. The van der Waals surface area contributed by atoms with Crippen molar-refractivity contribution in [3.8, 4) is 0 Å². The molecule has 156 valence electrons. The summed E-state index contributed by atoms with van der Waals surface area (Å²) in [7, 11) is 0. The van der Waals surface area contributed by atoms with E-state index >= 15 is 0 Å². The zero-order valence-corrected chi connectivity index (χ0v) is 16.6. The molecule has 0 fully saturated rings. The second kappa shape index (κ2) is 12.1. The number of aliphatic imine (C=N–C) groups is 1. The highest BCUT2D eigenvalue weighted by molar-refractivity contribution is 5.91. The Balaban J connectivity index is 5.09. The van der Waals surface area contributed by atoms with Gasteiger partial charge in [-0.05, 0) is 31.1 Å². The molecule has 0 aliphatic carbocycles. The molecule has 3 unspecified atom stereocenters. The van der Waals surface area contributed by atoms with Crippen molar-refractivity contribution in [2.45, 2.75) is 65.1 Å². The zero-order valence-electron chi connectivity index (χ0n) is 16.6. The number of carbonyl (C=O) groups is 3. The molecule has 10 nitrogen and oxygen atoms in total. The minimum Gasteiger partial charge on any atom is -0.480 e. The van der Waals surface area contributed by atoms with Gasteiger partial charge in [0, 0.05) is 6.54 Å². The fraction of sp³-hybridized carbons (Fsp3) is 0.765. The summed E-state index contributed by atoms with van der Waals surface area (Å²) < 4.78 is 0. The van der Waals surface area contributed by atoms with E-state index in [2.05, 4.69) is 15.6 Å². The van der Waals surface area contributed by atoms with Crippen LogP contribution in [0.1, 0.15) is 47.0 Å². The highest BCUT2D eigenvalue weighted by Gasteiger charge is 2.29. The van der Waals surface area contributed by atoms with E-state index in [9.17, 15) is 19.5 Å². The van der Waals surface area contributed by atoms with Gasteiger partial charge in [-0.1, -0.05) is 27.7 Å². The lowest BCUT2D eigenvalue weighted by Gasteiger charge is -2.24. The molecule has 0 saturated carbocycles. The third kappa shape index (κ3) is 10.4. The summed E-state index contributed by atoms with van der Waals surface area (Å²) in [5, 5.41) is 14.3. The second-order valence-electron chi connectivity index (χ2n) is 7.31. The van der Waals surface area contributed by atoms with Crippen LogP contribution in [0, 0.1) is 11.8 Å². The summed E-state index contributed by atoms with van der Waals surface area (Å²) in [5.74, 6) is -2.33. The van der Waals surface area contributed by atoms with Gasteiger partial charge in [0.25, 0.3) is 0 Å². The van der Waals surface area contributed by atoms with Crippen LogP contribution in [0.15, 0.2) is 4.99 Å². The van der Waals surface area contributed by atoms with Gasteiger partial charge in [0.1, 0.15) is 12.1 Å². The number of carboxylic acids is 1. The fourth-order valence-corrected chi connectivity index (χ4v) is 2.43. The van der Waals surface area contributed by atoms with E-state index < -0.39 is 35.9 Å². The maximum absolute atomic E-state index is 12.6.